The van der Waals surface area contributed by atoms with Gasteiger partial charge in [0.25, 0.3) is 0 Å². The molecule has 1 saturated heterocycles. The van der Waals surface area contributed by atoms with Gasteiger partial charge >= 0.3 is 0 Å². The summed E-state index contributed by atoms with van der Waals surface area (Å²) in [5, 5.41) is 7.87. The van der Waals surface area contributed by atoms with E-state index in [0.717, 1.165) is 36.0 Å². The fraction of sp³-hybridized carbons (Fsp3) is 0.385. The van der Waals surface area contributed by atoms with Gasteiger partial charge in [-0.1, -0.05) is 27.5 Å². The van der Waals surface area contributed by atoms with Gasteiger partial charge in [-0.05, 0) is 31.0 Å². The van der Waals surface area contributed by atoms with Gasteiger partial charge in [0, 0.05) is 29.2 Å². The number of benzene rings is 1. The van der Waals surface area contributed by atoms with E-state index in [2.05, 4.69) is 36.0 Å². The minimum absolute atomic E-state index is 0.196. The molecule has 0 saturated carbocycles. The minimum Gasteiger partial charge on any atom is -0.338 e. The Morgan fingerprint density at radius 1 is 1.45 bits per heavy atom. The van der Waals surface area contributed by atoms with E-state index in [-0.39, 0.29) is 6.04 Å². The molecule has 3 N–H and O–H groups in total. The number of hydrogen-bond acceptors (Lipinski definition) is 4. The Kier molecular flexibility index (Phi) is 3.96. The molecular weight excluding hydrogens is 342 g/mol. The summed E-state index contributed by atoms with van der Waals surface area (Å²) in [6, 6.07) is 5.89. The Bertz CT molecular complexity index is 615. The minimum atomic E-state index is 0.196. The molecule has 0 amide bonds. The quantitative estimate of drug-likeness (QED) is 0.868. The molecule has 2 heterocycles. The van der Waals surface area contributed by atoms with Crippen LogP contribution in [0.5, 0.6) is 0 Å². The number of nitrogens with one attached hydrogen (secondary N) is 1. The van der Waals surface area contributed by atoms with Crippen LogP contribution in [0.3, 0.4) is 0 Å². The third-order valence-corrected chi connectivity index (χ3v) is 4.21. The summed E-state index contributed by atoms with van der Waals surface area (Å²) in [5.41, 5.74) is 6.83. The summed E-state index contributed by atoms with van der Waals surface area (Å²) in [6.07, 6.45) is 2.14. The first-order valence-corrected chi connectivity index (χ1v) is 7.69. The second kappa shape index (κ2) is 5.71. The van der Waals surface area contributed by atoms with Crippen LogP contribution in [-0.4, -0.2) is 34.3 Å². The molecule has 1 aliphatic heterocycles. The Hall–Kier alpha value is -1.11. The third kappa shape index (κ3) is 2.82. The van der Waals surface area contributed by atoms with Crippen molar-refractivity contribution < 1.29 is 0 Å². The topological polar surface area (TPSA) is 70.8 Å². The molecule has 1 fully saturated rings. The molecule has 5 nitrogen and oxygen atoms in total. The van der Waals surface area contributed by atoms with E-state index in [1.807, 2.05) is 18.2 Å². The summed E-state index contributed by atoms with van der Waals surface area (Å²) in [5.74, 6) is 1.37. The van der Waals surface area contributed by atoms with Crippen LogP contribution in [0.2, 0.25) is 5.02 Å². The van der Waals surface area contributed by atoms with E-state index >= 15 is 0 Å². The van der Waals surface area contributed by atoms with E-state index in [0.29, 0.717) is 16.8 Å². The van der Waals surface area contributed by atoms with Crippen molar-refractivity contribution in [1.29, 1.82) is 0 Å². The lowest BCUT2D eigenvalue weighted by Gasteiger charge is -2.29. The van der Waals surface area contributed by atoms with Crippen molar-refractivity contribution in [3.63, 3.8) is 0 Å². The molecule has 3 rings (SSSR count). The van der Waals surface area contributed by atoms with Crippen molar-refractivity contribution >= 4 is 33.5 Å². The van der Waals surface area contributed by atoms with Crippen LogP contribution in [0.25, 0.3) is 11.4 Å². The molecule has 0 aliphatic carbocycles. The predicted molar refractivity (Wildman–Crippen MR) is 84.0 cm³/mol. The van der Waals surface area contributed by atoms with Crippen molar-refractivity contribution in [2.24, 2.45) is 5.73 Å². The number of hydrogen-bond donors (Lipinski definition) is 2. The van der Waals surface area contributed by atoms with Gasteiger partial charge in [-0.3, -0.25) is 5.10 Å². The number of piperidine rings is 1. The number of rotatable bonds is 2. The largest absolute Gasteiger partial charge is 0.338 e. The van der Waals surface area contributed by atoms with E-state index in [9.17, 15) is 0 Å². The lowest BCUT2D eigenvalue weighted by atomic mass is 10.1. The lowest BCUT2D eigenvalue weighted by molar-refractivity contribution is 0.500. The van der Waals surface area contributed by atoms with E-state index < -0.39 is 0 Å². The van der Waals surface area contributed by atoms with Crippen molar-refractivity contribution in [3.8, 4) is 11.4 Å². The van der Waals surface area contributed by atoms with Gasteiger partial charge < -0.3 is 10.6 Å². The first-order chi connectivity index (χ1) is 9.63. The number of aromatic amines is 1. The Balaban J connectivity index is 1.86. The summed E-state index contributed by atoms with van der Waals surface area (Å²) >= 11 is 9.62. The molecule has 0 spiro atoms. The first kappa shape index (κ1) is 13.9. The van der Waals surface area contributed by atoms with Gasteiger partial charge in [0.2, 0.25) is 5.95 Å². The third-order valence-electron chi connectivity index (χ3n) is 3.40. The molecule has 0 radical (unpaired) electrons. The van der Waals surface area contributed by atoms with Crippen LogP contribution in [0.4, 0.5) is 5.95 Å². The molecule has 1 aromatic heterocycles. The van der Waals surface area contributed by atoms with E-state index in [4.69, 9.17) is 17.3 Å². The summed E-state index contributed by atoms with van der Waals surface area (Å²) < 4.78 is 0.938. The van der Waals surface area contributed by atoms with Gasteiger partial charge in [-0.15, -0.1) is 5.10 Å². The fourth-order valence-electron chi connectivity index (χ4n) is 2.39. The zero-order valence-corrected chi connectivity index (χ0v) is 13.2. The zero-order chi connectivity index (χ0) is 14.1. The van der Waals surface area contributed by atoms with Crippen LogP contribution < -0.4 is 10.6 Å². The van der Waals surface area contributed by atoms with Crippen LogP contribution in [0.15, 0.2) is 22.7 Å². The highest BCUT2D eigenvalue weighted by atomic mass is 79.9. The number of nitrogens with two attached hydrogens (primary N) is 1. The van der Waals surface area contributed by atoms with Crippen molar-refractivity contribution in [2.45, 2.75) is 18.9 Å². The van der Waals surface area contributed by atoms with Crippen LogP contribution >= 0.6 is 27.5 Å². The monoisotopic (exact) mass is 355 g/mol. The maximum absolute atomic E-state index is 6.23. The van der Waals surface area contributed by atoms with Gasteiger partial charge in [-0.2, -0.15) is 4.98 Å². The van der Waals surface area contributed by atoms with Gasteiger partial charge in [-0.25, -0.2) is 0 Å². The Labute approximate surface area is 130 Å². The SMILES string of the molecule is NC1CCCN(c2n[nH]c(-c3ccc(Br)cc3Cl)n2)C1. The van der Waals surface area contributed by atoms with Crippen molar-refractivity contribution in [3.05, 3.63) is 27.7 Å². The summed E-state index contributed by atoms with van der Waals surface area (Å²) in [7, 11) is 0. The molecule has 106 valence electrons. The summed E-state index contributed by atoms with van der Waals surface area (Å²) in [6.45, 7) is 1.74. The van der Waals surface area contributed by atoms with Gasteiger partial charge in [0.1, 0.15) is 0 Å². The van der Waals surface area contributed by atoms with Crippen LogP contribution in [-0.2, 0) is 0 Å². The maximum Gasteiger partial charge on any atom is 0.245 e. The standard InChI is InChI=1S/C13H15BrClN5/c14-8-3-4-10(11(15)6-8)12-17-13(19-18-12)20-5-1-2-9(16)7-20/h3-4,6,9H,1-2,5,7,16H2,(H,17,18,19). The molecular formula is C13H15BrClN5. The lowest BCUT2D eigenvalue weighted by Crippen LogP contribution is -2.43. The predicted octanol–water partition coefficient (Wildman–Crippen LogP) is 2.82. The van der Waals surface area contributed by atoms with Crippen molar-refractivity contribution in [2.75, 3.05) is 18.0 Å². The number of H-pyrrole nitrogens is 1. The van der Waals surface area contributed by atoms with Crippen LogP contribution in [0, 0.1) is 0 Å². The highest BCUT2D eigenvalue weighted by molar-refractivity contribution is 9.10. The molecule has 1 aromatic carbocycles. The Morgan fingerprint density at radius 2 is 2.30 bits per heavy atom. The molecule has 7 heteroatoms. The molecule has 0 bridgehead atoms. The highest BCUT2D eigenvalue weighted by Gasteiger charge is 2.20. The molecule has 1 atom stereocenters. The maximum atomic E-state index is 6.23. The highest BCUT2D eigenvalue weighted by Crippen LogP contribution is 2.29. The van der Waals surface area contributed by atoms with Crippen LogP contribution in [0.1, 0.15) is 12.8 Å². The van der Waals surface area contributed by atoms with Gasteiger partial charge in [0.05, 0.1) is 5.02 Å². The fourth-order valence-corrected chi connectivity index (χ4v) is 3.15. The van der Waals surface area contributed by atoms with E-state index in [1.54, 1.807) is 0 Å². The van der Waals surface area contributed by atoms with E-state index in [1.165, 1.54) is 0 Å². The molecule has 2 aromatic rings. The van der Waals surface area contributed by atoms with Gasteiger partial charge in [0.15, 0.2) is 5.82 Å². The zero-order valence-electron chi connectivity index (χ0n) is 10.8. The summed E-state index contributed by atoms with van der Waals surface area (Å²) in [4.78, 5) is 6.65. The number of nitrogens with zero attached hydrogens (tertiary/aromatic N) is 3. The Morgan fingerprint density at radius 3 is 3.05 bits per heavy atom. The molecule has 1 unspecified atom stereocenters. The number of aromatic nitrogens is 3. The number of halogens is 2. The molecule has 1 aliphatic rings. The average molecular weight is 357 g/mol. The number of anilines is 1. The average Bonchev–Trinajstić information content (AvgIpc) is 2.88. The molecule has 20 heavy (non-hydrogen) atoms. The second-order valence-corrected chi connectivity index (χ2v) is 6.28. The first-order valence-electron chi connectivity index (χ1n) is 6.52. The smallest absolute Gasteiger partial charge is 0.245 e. The second-order valence-electron chi connectivity index (χ2n) is 4.96. The normalized spacial score (nSPS) is 19.4. The van der Waals surface area contributed by atoms with Crippen molar-refractivity contribution in [1.82, 2.24) is 15.2 Å².